The van der Waals surface area contributed by atoms with Gasteiger partial charge in [0.05, 0.1) is 5.75 Å². The van der Waals surface area contributed by atoms with Gasteiger partial charge in [0.25, 0.3) is 0 Å². The molecule has 4 nitrogen and oxygen atoms in total. The van der Waals surface area contributed by atoms with Crippen molar-refractivity contribution in [3.8, 4) is 0 Å². The second kappa shape index (κ2) is 7.57. The molecule has 0 spiro atoms. The number of nitrogens with zero attached hydrogens (tertiary/aromatic N) is 1. The van der Waals surface area contributed by atoms with E-state index in [9.17, 15) is 13.2 Å². The summed E-state index contributed by atoms with van der Waals surface area (Å²) < 4.78 is 26.1. The summed E-state index contributed by atoms with van der Waals surface area (Å²) >= 11 is 5.83. The first-order valence-electron chi connectivity index (χ1n) is 7.71. The van der Waals surface area contributed by atoms with Crippen molar-refractivity contribution in [1.82, 2.24) is 4.31 Å². The molecule has 1 aromatic rings. The van der Waals surface area contributed by atoms with Crippen molar-refractivity contribution in [3.05, 3.63) is 34.9 Å². The van der Waals surface area contributed by atoms with Gasteiger partial charge in [-0.1, -0.05) is 24.9 Å². The molecule has 0 aromatic heterocycles. The standard InChI is InChI=1S/C16H22ClNO3S/c1-2-3-11-22(20,21)18-10-4-5-14(12-18)16(19)13-6-8-15(17)9-7-13/h6-9,14H,2-5,10-12H2,1H3. The number of carbonyl (C=O) groups is 1. The molecule has 1 aliphatic heterocycles. The molecule has 6 heteroatoms. The Hall–Kier alpha value is -0.910. The molecule has 0 bridgehead atoms. The highest BCUT2D eigenvalue weighted by atomic mass is 35.5. The van der Waals surface area contributed by atoms with Crippen molar-refractivity contribution in [2.45, 2.75) is 32.6 Å². The molecule has 1 heterocycles. The number of ketones is 1. The average Bonchev–Trinajstić information content (AvgIpc) is 2.53. The van der Waals surface area contributed by atoms with Gasteiger partial charge < -0.3 is 0 Å². The van der Waals surface area contributed by atoms with Gasteiger partial charge in [-0.3, -0.25) is 4.79 Å². The molecule has 1 aromatic carbocycles. The van der Waals surface area contributed by atoms with Crippen LogP contribution in [-0.4, -0.2) is 37.3 Å². The quantitative estimate of drug-likeness (QED) is 0.744. The number of hydrogen-bond donors (Lipinski definition) is 0. The van der Waals surface area contributed by atoms with Crippen LogP contribution in [0.2, 0.25) is 5.02 Å². The summed E-state index contributed by atoms with van der Waals surface area (Å²) in [7, 11) is -3.24. The van der Waals surface area contributed by atoms with Crippen LogP contribution in [0.1, 0.15) is 43.0 Å². The van der Waals surface area contributed by atoms with Crippen LogP contribution in [0.5, 0.6) is 0 Å². The van der Waals surface area contributed by atoms with E-state index in [-0.39, 0.29) is 17.5 Å². The lowest BCUT2D eigenvalue weighted by molar-refractivity contribution is 0.0872. The predicted octanol–water partition coefficient (Wildman–Crippen LogP) is 3.36. The van der Waals surface area contributed by atoms with E-state index in [1.54, 1.807) is 24.3 Å². The highest BCUT2D eigenvalue weighted by Crippen LogP contribution is 2.24. The van der Waals surface area contributed by atoms with Crippen molar-refractivity contribution in [3.63, 3.8) is 0 Å². The second-order valence-electron chi connectivity index (χ2n) is 5.74. The summed E-state index contributed by atoms with van der Waals surface area (Å²) in [4.78, 5) is 12.5. The Kier molecular flexibility index (Phi) is 6.01. The maximum atomic E-state index is 12.5. The summed E-state index contributed by atoms with van der Waals surface area (Å²) in [5.74, 6) is -0.0795. The lowest BCUT2D eigenvalue weighted by Crippen LogP contribution is -2.43. The maximum absolute atomic E-state index is 12.5. The van der Waals surface area contributed by atoms with Crippen LogP contribution in [0.3, 0.4) is 0 Å². The van der Waals surface area contributed by atoms with E-state index in [1.807, 2.05) is 6.92 Å². The Labute approximate surface area is 137 Å². The smallest absolute Gasteiger partial charge is 0.214 e. The van der Waals surface area contributed by atoms with Crippen molar-refractivity contribution >= 4 is 27.4 Å². The minimum atomic E-state index is -3.24. The normalized spacial score (nSPS) is 20.0. The molecule has 0 N–H and O–H groups in total. The largest absolute Gasteiger partial charge is 0.294 e. The van der Waals surface area contributed by atoms with Gasteiger partial charge in [0, 0.05) is 29.6 Å². The van der Waals surface area contributed by atoms with Gasteiger partial charge in [-0.2, -0.15) is 0 Å². The third kappa shape index (κ3) is 4.31. The molecule has 22 heavy (non-hydrogen) atoms. The average molecular weight is 344 g/mol. The lowest BCUT2D eigenvalue weighted by atomic mass is 9.91. The molecule has 122 valence electrons. The molecule has 2 rings (SSSR count). The van der Waals surface area contributed by atoms with E-state index < -0.39 is 10.0 Å². The summed E-state index contributed by atoms with van der Waals surface area (Å²) in [5, 5.41) is 0.587. The van der Waals surface area contributed by atoms with Crippen molar-refractivity contribution in [2.75, 3.05) is 18.8 Å². The molecular weight excluding hydrogens is 322 g/mol. The van der Waals surface area contributed by atoms with E-state index in [1.165, 1.54) is 4.31 Å². The fourth-order valence-electron chi connectivity index (χ4n) is 2.71. The van der Waals surface area contributed by atoms with Crippen molar-refractivity contribution < 1.29 is 13.2 Å². The third-order valence-electron chi connectivity index (χ3n) is 4.03. The van der Waals surface area contributed by atoms with Crippen LogP contribution in [0, 0.1) is 5.92 Å². The molecule has 1 aliphatic rings. The molecule has 0 radical (unpaired) electrons. The predicted molar refractivity (Wildman–Crippen MR) is 88.8 cm³/mol. The summed E-state index contributed by atoms with van der Waals surface area (Å²) in [6.07, 6.45) is 2.98. The Bertz CT molecular complexity index is 613. The number of Topliss-reactive ketones (excluding diaryl/α,β-unsaturated/α-hetero) is 1. The van der Waals surface area contributed by atoms with Gasteiger partial charge in [0.1, 0.15) is 0 Å². The van der Waals surface area contributed by atoms with Crippen LogP contribution in [0.15, 0.2) is 24.3 Å². The SMILES string of the molecule is CCCCS(=O)(=O)N1CCCC(C(=O)c2ccc(Cl)cc2)C1. The summed E-state index contributed by atoms with van der Waals surface area (Å²) in [6, 6.07) is 6.78. The first-order chi connectivity index (χ1) is 10.4. The van der Waals surface area contributed by atoms with Crippen LogP contribution in [0.4, 0.5) is 0 Å². The molecule has 0 saturated carbocycles. The highest BCUT2D eigenvalue weighted by molar-refractivity contribution is 7.89. The molecule has 1 atom stereocenters. The molecule has 1 fully saturated rings. The van der Waals surface area contributed by atoms with Crippen molar-refractivity contribution in [1.29, 1.82) is 0 Å². The van der Waals surface area contributed by atoms with E-state index in [0.29, 0.717) is 30.1 Å². The number of hydrogen-bond acceptors (Lipinski definition) is 3. The number of unbranched alkanes of at least 4 members (excludes halogenated alkanes) is 1. The topological polar surface area (TPSA) is 54.5 Å². The minimum Gasteiger partial charge on any atom is -0.294 e. The molecule has 1 unspecified atom stereocenters. The zero-order valence-corrected chi connectivity index (χ0v) is 14.4. The molecule has 1 saturated heterocycles. The van der Waals surface area contributed by atoms with Gasteiger partial charge in [-0.25, -0.2) is 12.7 Å². The van der Waals surface area contributed by atoms with Gasteiger partial charge in [-0.05, 0) is 43.5 Å². The van der Waals surface area contributed by atoms with Crippen LogP contribution < -0.4 is 0 Å². The van der Waals surface area contributed by atoms with Crippen LogP contribution in [0.25, 0.3) is 0 Å². The molecule has 0 amide bonds. The van der Waals surface area contributed by atoms with Crippen LogP contribution >= 0.6 is 11.6 Å². The van der Waals surface area contributed by atoms with E-state index in [2.05, 4.69) is 0 Å². The number of piperidine rings is 1. The molecular formula is C16H22ClNO3S. The van der Waals surface area contributed by atoms with Gasteiger partial charge >= 0.3 is 0 Å². The number of carbonyl (C=O) groups excluding carboxylic acids is 1. The Morgan fingerprint density at radius 2 is 2.00 bits per heavy atom. The zero-order chi connectivity index (χ0) is 16.2. The number of rotatable bonds is 6. The first-order valence-corrected chi connectivity index (χ1v) is 9.70. The van der Waals surface area contributed by atoms with Gasteiger partial charge in [0.2, 0.25) is 10.0 Å². The van der Waals surface area contributed by atoms with Gasteiger partial charge in [-0.15, -0.1) is 0 Å². The van der Waals surface area contributed by atoms with Crippen LogP contribution in [-0.2, 0) is 10.0 Å². The maximum Gasteiger partial charge on any atom is 0.214 e. The number of halogens is 1. The third-order valence-corrected chi connectivity index (χ3v) is 6.21. The fourth-order valence-corrected chi connectivity index (χ4v) is 4.57. The van der Waals surface area contributed by atoms with Crippen molar-refractivity contribution in [2.24, 2.45) is 5.92 Å². The molecule has 0 aliphatic carbocycles. The van der Waals surface area contributed by atoms with E-state index >= 15 is 0 Å². The Morgan fingerprint density at radius 1 is 1.32 bits per heavy atom. The lowest BCUT2D eigenvalue weighted by Gasteiger charge is -2.31. The first kappa shape index (κ1) is 17.4. The van der Waals surface area contributed by atoms with Gasteiger partial charge in [0.15, 0.2) is 5.78 Å². The summed E-state index contributed by atoms with van der Waals surface area (Å²) in [6.45, 7) is 2.79. The number of benzene rings is 1. The minimum absolute atomic E-state index is 0.00654. The number of sulfonamides is 1. The Morgan fingerprint density at radius 3 is 2.64 bits per heavy atom. The second-order valence-corrected chi connectivity index (χ2v) is 8.26. The summed E-state index contributed by atoms with van der Waals surface area (Å²) in [5.41, 5.74) is 0.599. The zero-order valence-electron chi connectivity index (χ0n) is 12.8. The van der Waals surface area contributed by atoms with E-state index in [0.717, 1.165) is 19.3 Å². The highest BCUT2D eigenvalue weighted by Gasteiger charge is 2.32. The Balaban J connectivity index is 2.07. The fraction of sp³-hybridized carbons (Fsp3) is 0.562. The monoisotopic (exact) mass is 343 g/mol. The van der Waals surface area contributed by atoms with E-state index in [4.69, 9.17) is 11.6 Å².